The second-order valence-electron chi connectivity index (χ2n) is 4.42. The molecule has 0 saturated carbocycles. The van der Waals surface area contributed by atoms with Crippen LogP contribution in [0.1, 0.15) is 26.3 Å². The summed E-state index contributed by atoms with van der Waals surface area (Å²) in [6.45, 7) is 3.48. The molecule has 1 N–H and O–H groups in total. The second-order valence-corrected chi connectivity index (χ2v) is 4.42. The fourth-order valence-electron chi connectivity index (χ4n) is 1.59. The van der Waals surface area contributed by atoms with Crippen molar-refractivity contribution in [1.82, 2.24) is 5.32 Å². The van der Waals surface area contributed by atoms with Gasteiger partial charge in [0.25, 0.3) is 0 Å². The smallest absolute Gasteiger partial charge is 0.308 e. The Hall–Kier alpha value is -3.16. The van der Waals surface area contributed by atoms with E-state index in [9.17, 15) is 24.3 Å². The van der Waals surface area contributed by atoms with Gasteiger partial charge >= 0.3 is 11.9 Å². The number of nitrogens with one attached hydrogen (secondary N) is 1. The molecule has 0 unspecified atom stereocenters. The molecule has 0 saturated heterocycles. The lowest BCUT2D eigenvalue weighted by Gasteiger charge is -2.11. The first-order valence-corrected chi connectivity index (χ1v) is 6.40. The van der Waals surface area contributed by atoms with Crippen LogP contribution in [0.25, 0.3) is 6.08 Å². The summed E-state index contributed by atoms with van der Waals surface area (Å²) in [5, 5.41) is 13.1. The Morgan fingerprint density at radius 3 is 2.04 bits per heavy atom. The summed E-state index contributed by atoms with van der Waals surface area (Å²) in [5.41, 5.74) is -0.184. The summed E-state index contributed by atoms with van der Waals surface area (Å²) in [6.07, 6.45) is 1.11. The molecular formula is C15H14NO7-. The number of aliphatic carboxylic acids is 1. The van der Waals surface area contributed by atoms with Crippen LogP contribution in [0.15, 0.2) is 23.9 Å². The van der Waals surface area contributed by atoms with Gasteiger partial charge in [-0.2, -0.15) is 0 Å². The van der Waals surface area contributed by atoms with Crippen LogP contribution in [-0.4, -0.2) is 23.8 Å². The zero-order valence-electron chi connectivity index (χ0n) is 12.7. The summed E-state index contributed by atoms with van der Waals surface area (Å²) in [4.78, 5) is 44.0. The van der Waals surface area contributed by atoms with E-state index >= 15 is 0 Å². The van der Waals surface area contributed by atoms with E-state index < -0.39 is 29.5 Å². The van der Waals surface area contributed by atoms with Crippen molar-refractivity contribution < 1.29 is 33.8 Å². The Balaban J connectivity index is 3.26. The van der Waals surface area contributed by atoms with Crippen molar-refractivity contribution in [1.29, 1.82) is 0 Å². The first kappa shape index (κ1) is 17.9. The summed E-state index contributed by atoms with van der Waals surface area (Å²) in [5.74, 6) is -3.51. The molecule has 8 heteroatoms. The highest BCUT2D eigenvalue weighted by Gasteiger charge is 2.11. The van der Waals surface area contributed by atoms with Gasteiger partial charge in [0.1, 0.15) is 0 Å². The molecule has 1 rings (SSSR count). The molecule has 0 aromatic heterocycles. The van der Waals surface area contributed by atoms with Crippen molar-refractivity contribution in [3.8, 4) is 11.5 Å². The van der Waals surface area contributed by atoms with Crippen molar-refractivity contribution in [2.24, 2.45) is 0 Å². The molecule has 0 spiro atoms. The van der Waals surface area contributed by atoms with Crippen molar-refractivity contribution >= 4 is 29.9 Å². The maximum Gasteiger partial charge on any atom is 0.308 e. The van der Waals surface area contributed by atoms with Gasteiger partial charge in [0.2, 0.25) is 5.91 Å². The van der Waals surface area contributed by atoms with E-state index in [1.54, 1.807) is 0 Å². The molecule has 23 heavy (non-hydrogen) atoms. The third-order valence-corrected chi connectivity index (χ3v) is 2.32. The van der Waals surface area contributed by atoms with Gasteiger partial charge in [-0.05, 0) is 23.8 Å². The monoisotopic (exact) mass is 320 g/mol. The molecule has 8 nitrogen and oxygen atoms in total. The van der Waals surface area contributed by atoms with Crippen molar-refractivity contribution in [2.75, 3.05) is 0 Å². The van der Waals surface area contributed by atoms with Crippen LogP contribution >= 0.6 is 0 Å². The molecule has 0 aliphatic heterocycles. The van der Waals surface area contributed by atoms with Crippen LogP contribution in [0.2, 0.25) is 0 Å². The molecule has 0 fully saturated rings. The van der Waals surface area contributed by atoms with Crippen molar-refractivity contribution in [3.63, 3.8) is 0 Å². The normalized spacial score (nSPS) is 10.7. The average Bonchev–Trinajstić information content (AvgIpc) is 2.39. The first-order chi connectivity index (χ1) is 10.7. The SMILES string of the molecule is CC(=O)N/C(=C\c1ccc(OC(C)=O)c(OC(C)=O)c1)C(=O)[O-]. The predicted octanol–water partition coefficient (Wildman–Crippen LogP) is -0.236. The van der Waals surface area contributed by atoms with Gasteiger partial charge in [-0.25, -0.2) is 0 Å². The predicted molar refractivity (Wildman–Crippen MR) is 75.9 cm³/mol. The van der Waals surface area contributed by atoms with Crippen LogP contribution in [0.3, 0.4) is 0 Å². The maximum atomic E-state index is 11.1. The zero-order valence-corrected chi connectivity index (χ0v) is 12.7. The molecular weight excluding hydrogens is 306 g/mol. The molecule has 122 valence electrons. The Labute approximate surface area is 131 Å². The van der Waals surface area contributed by atoms with Crippen molar-refractivity contribution in [3.05, 3.63) is 29.5 Å². The standard InChI is InChI=1S/C15H15NO7/c1-8(17)16-12(15(20)21)6-11-4-5-13(22-9(2)18)14(7-11)23-10(3)19/h4-7H,1-3H3,(H,16,17)(H,20,21)/p-1/b12-6-. The summed E-state index contributed by atoms with van der Waals surface area (Å²) in [6, 6.07) is 4.02. The fourth-order valence-corrected chi connectivity index (χ4v) is 1.59. The van der Waals surface area contributed by atoms with E-state index in [1.807, 2.05) is 0 Å². The van der Waals surface area contributed by atoms with E-state index in [1.165, 1.54) is 25.1 Å². The molecule has 1 aromatic rings. The molecule has 0 aliphatic rings. The number of amides is 1. The lowest BCUT2D eigenvalue weighted by Crippen LogP contribution is -2.34. The van der Waals surface area contributed by atoms with Crippen LogP contribution < -0.4 is 19.9 Å². The number of carboxylic acids is 1. The Morgan fingerprint density at radius 1 is 1.00 bits per heavy atom. The van der Waals surface area contributed by atoms with Crippen LogP contribution in [0, 0.1) is 0 Å². The molecule has 1 amide bonds. The van der Waals surface area contributed by atoms with Gasteiger partial charge in [0.05, 0.1) is 11.7 Å². The molecule has 0 bridgehead atoms. The van der Waals surface area contributed by atoms with E-state index in [0.717, 1.165) is 19.9 Å². The maximum absolute atomic E-state index is 11.1. The number of rotatable bonds is 5. The molecule has 0 atom stereocenters. The van der Waals surface area contributed by atoms with E-state index in [2.05, 4.69) is 5.32 Å². The first-order valence-electron chi connectivity index (χ1n) is 6.40. The Bertz CT molecular complexity index is 691. The number of esters is 2. The van der Waals surface area contributed by atoms with Gasteiger partial charge in [-0.15, -0.1) is 0 Å². The number of hydrogen-bond acceptors (Lipinski definition) is 7. The van der Waals surface area contributed by atoms with Crippen LogP contribution in [0.5, 0.6) is 11.5 Å². The third kappa shape index (κ3) is 6.00. The Kier molecular flexibility index (Phi) is 6.02. The number of ether oxygens (including phenoxy) is 2. The van der Waals surface area contributed by atoms with Crippen LogP contribution in [-0.2, 0) is 19.2 Å². The highest BCUT2D eigenvalue weighted by Crippen LogP contribution is 2.29. The number of hydrogen-bond donors (Lipinski definition) is 1. The van der Waals surface area contributed by atoms with Gasteiger partial charge < -0.3 is 24.7 Å². The number of carbonyl (C=O) groups is 4. The number of carbonyl (C=O) groups excluding carboxylic acids is 4. The highest BCUT2D eigenvalue weighted by molar-refractivity contribution is 5.95. The summed E-state index contributed by atoms with van der Waals surface area (Å²) in [7, 11) is 0. The van der Waals surface area contributed by atoms with E-state index in [0.29, 0.717) is 0 Å². The summed E-state index contributed by atoms with van der Waals surface area (Å²) >= 11 is 0. The molecule has 1 aromatic carbocycles. The topological polar surface area (TPSA) is 122 Å². The quantitative estimate of drug-likeness (QED) is 0.451. The third-order valence-electron chi connectivity index (χ3n) is 2.32. The van der Waals surface area contributed by atoms with Gasteiger partial charge in [-0.3, -0.25) is 14.4 Å². The van der Waals surface area contributed by atoms with Crippen LogP contribution in [0.4, 0.5) is 0 Å². The average molecular weight is 320 g/mol. The minimum absolute atomic E-state index is 0.000577. The van der Waals surface area contributed by atoms with Gasteiger partial charge in [-0.1, -0.05) is 6.07 Å². The van der Waals surface area contributed by atoms with E-state index in [4.69, 9.17) is 9.47 Å². The van der Waals surface area contributed by atoms with Gasteiger partial charge in [0.15, 0.2) is 11.5 Å². The zero-order chi connectivity index (χ0) is 17.6. The second kappa shape index (κ2) is 7.74. The van der Waals surface area contributed by atoms with E-state index in [-0.39, 0.29) is 17.1 Å². The minimum atomic E-state index is -1.58. The molecule has 0 aliphatic carbocycles. The minimum Gasteiger partial charge on any atom is -0.543 e. The molecule has 0 heterocycles. The van der Waals surface area contributed by atoms with Crippen molar-refractivity contribution in [2.45, 2.75) is 20.8 Å². The lowest BCUT2D eigenvalue weighted by molar-refractivity contribution is -0.299. The molecule has 0 radical (unpaired) electrons. The lowest BCUT2D eigenvalue weighted by atomic mass is 10.1. The van der Waals surface area contributed by atoms with Gasteiger partial charge in [0, 0.05) is 20.8 Å². The summed E-state index contributed by atoms with van der Waals surface area (Å²) < 4.78 is 9.80. The highest BCUT2D eigenvalue weighted by atomic mass is 16.6. The number of benzene rings is 1. The Morgan fingerprint density at radius 2 is 1.57 bits per heavy atom. The largest absolute Gasteiger partial charge is 0.543 e. The number of carboxylic acid groups (broad SMARTS) is 1. The fraction of sp³-hybridized carbons (Fsp3) is 0.200.